The van der Waals surface area contributed by atoms with Crippen molar-refractivity contribution in [3.63, 3.8) is 0 Å². The van der Waals surface area contributed by atoms with Crippen LogP contribution in [0.3, 0.4) is 0 Å². The van der Waals surface area contributed by atoms with Crippen molar-refractivity contribution < 1.29 is 9.53 Å². The Balaban J connectivity index is 1.53. The number of rotatable bonds is 3. The summed E-state index contributed by atoms with van der Waals surface area (Å²) in [6.07, 6.45) is 4.55. The molecule has 0 saturated carbocycles. The molecular weight excluding hydrogens is 372 g/mol. The standard InChI is InChI=1S/C19H17ClN2O3S/c1-11-2-4-14-15(10-26-16(14)6-11)19(24)25-9-13-7-18(23)22-8-12(20)3-5-17(22)21-13/h3,5,7-8,10-11H,2,4,6,9H2,1H3. The molecule has 1 aliphatic rings. The van der Waals surface area contributed by atoms with Gasteiger partial charge in [-0.2, -0.15) is 0 Å². The summed E-state index contributed by atoms with van der Waals surface area (Å²) in [5.74, 6) is 0.309. The van der Waals surface area contributed by atoms with Crippen LogP contribution in [0, 0.1) is 5.92 Å². The van der Waals surface area contributed by atoms with Crippen molar-refractivity contribution in [2.24, 2.45) is 5.92 Å². The molecule has 0 radical (unpaired) electrons. The van der Waals surface area contributed by atoms with Gasteiger partial charge in [-0.25, -0.2) is 9.78 Å². The zero-order valence-corrected chi connectivity index (χ0v) is 15.8. The van der Waals surface area contributed by atoms with Crippen molar-refractivity contribution in [3.8, 4) is 0 Å². The van der Waals surface area contributed by atoms with Gasteiger partial charge < -0.3 is 4.74 Å². The predicted molar refractivity (Wildman–Crippen MR) is 101 cm³/mol. The van der Waals surface area contributed by atoms with Crippen molar-refractivity contribution in [3.05, 3.63) is 66.9 Å². The maximum absolute atomic E-state index is 12.5. The molecule has 0 spiro atoms. The number of pyridine rings is 1. The summed E-state index contributed by atoms with van der Waals surface area (Å²) in [6, 6.07) is 4.69. The SMILES string of the molecule is CC1CCc2c(C(=O)OCc3cc(=O)n4cc(Cl)ccc4n3)csc2C1. The third-order valence-electron chi connectivity index (χ3n) is 4.65. The van der Waals surface area contributed by atoms with Crippen molar-refractivity contribution in [2.75, 3.05) is 0 Å². The Morgan fingerprint density at radius 3 is 3.15 bits per heavy atom. The van der Waals surface area contributed by atoms with Gasteiger partial charge in [-0.3, -0.25) is 9.20 Å². The molecule has 3 aromatic heterocycles. The minimum Gasteiger partial charge on any atom is -0.456 e. The van der Waals surface area contributed by atoms with Gasteiger partial charge in [0.25, 0.3) is 5.56 Å². The summed E-state index contributed by atoms with van der Waals surface area (Å²) in [4.78, 5) is 30.3. The van der Waals surface area contributed by atoms with Gasteiger partial charge >= 0.3 is 5.97 Å². The predicted octanol–water partition coefficient (Wildman–Crippen LogP) is 3.89. The second-order valence-corrected chi connectivity index (χ2v) is 8.04. The summed E-state index contributed by atoms with van der Waals surface area (Å²) in [7, 11) is 0. The molecule has 0 amide bonds. The summed E-state index contributed by atoms with van der Waals surface area (Å²) >= 11 is 7.53. The van der Waals surface area contributed by atoms with Crippen LogP contribution in [0.1, 0.15) is 39.8 Å². The van der Waals surface area contributed by atoms with Crippen molar-refractivity contribution in [2.45, 2.75) is 32.8 Å². The molecule has 134 valence electrons. The van der Waals surface area contributed by atoms with E-state index >= 15 is 0 Å². The monoisotopic (exact) mass is 388 g/mol. The summed E-state index contributed by atoms with van der Waals surface area (Å²) < 4.78 is 6.79. The molecule has 4 rings (SSSR count). The van der Waals surface area contributed by atoms with Crippen molar-refractivity contribution in [1.82, 2.24) is 9.38 Å². The number of carbonyl (C=O) groups excluding carboxylic acids is 1. The number of hydrogen-bond donors (Lipinski definition) is 0. The molecule has 0 aliphatic heterocycles. The van der Waals surface area contributed by atoms with Crippen LogP contribution < -0.4 is 5.56 Å². The van der Waals surface area contributed by atoms with Crippen LogP contribution in [-0.2, 0) is 24.2 Å². The Morgan fingerprint density at radius 1 is 1.46 bits per heavy atom. The number of thiophene rings is 1. The number of aromatic nitrogens is 2. The second-order valence-electron chi connectivity index (χ2n) is 6.64. The number of nitrogens with zero attached hydrogens (tertiary/aromatic N) is 2. The van der Waals surface area contributed by atoms with E-state index in [2.05, 4.69) is 11.9 Å². The Kier molecular flexibility index (Phi) is 4.54. The average Bonchev–Trinajstić information content (AvgIpc) is 3.03. The van der Waals surface area contributed by atoms with Crippen LogP contribution in [-0.4, -0.2) is 15.4 Å². The van der Waals surface area contributed by atoms with Crippen LogP contribution in [0.4, 0.5) is 0 Å². The van der Waals surface area contributed by atoms with Crippen molar-refractivity contribution in [1.29, 1.82) is 0 Å². The van der Waals surface area contributed by atoms with E-state index in [-0.39, 0.29) is 18.1 Å². The van der Waals surface area contributed by atoms with Gasteiger partial charge in [0.05, 0.1) is 16.3 Å². The quantitative estimate of drug-likeness (QED) is 0.638. The fourth-order valence-corrected chi connectivity index (χ4v) is 4.66. The van der Waals surface area contributed by atoms with E-state index in [0.29, 0.717) is 27.8 Å². The average molecular weight is 389 g/mol. The minimum absolute atomic E-state index is 0.0335. The number of esters is 1. The van der Waals surface area contributed by atoms with E-state index in [4.69, 9.17) is 16.3 Å². The Morgan fingerprint density at radius 2 is 2.31 bits per heavy atom. The van der Waals surface area contributed by atoms with E-state index in [1.807, 2.05) is 5.38 Å². The molecular formula is C19H17ClN2O3S. The first kappa shape index (κ1) is 17.2. The Labute approximate surface area is 159 Å². The summed E-state index contributed by atoms with van der Waals surface area (Å²) in [5, 5.41) is 2.34. The smallest absolute Gasteiger partial charge is 0.339 e. The van der Waals surface area contributed by atoms with Crippen LogP contribution in [0.25, 0.3) is 5.65 Å². The molecule has 0 bridgehead atoms. The molecule has 1 atom stereocenters. The number of halogens is 1. The molecule has 5 nitrogen and oxygen atoms in total. The largest absolute Gasteiger partial charge is 0.456 e. The first-order chi connectivity index (χ1) is 12.5. The second kappa shape index (κ2) is 6.85. The van der Waals surface area contributed by atoms with Gasteiger partial charge in [0.1, 0.15) is 12.3 Å². The fourth-order valence-electron chi connectivity index (χ4n) is 3.27. The minimum atomic E-state index is -0.352. The highest BCUT2D eigenvalue weighted by molar-refractivity contribution is 7.10. The lowest BCUT2D eigenvalue weighted by Gasteiger charge is -2.18. The highest BCUT2D eigenvalue weighted by atomic mass is 35.5. The molecule has 0 aromatic carbocycles. The zero-order chi connectivity index (χ0) is 18.3. The molecule has 1 unspecified atom stereocenters. The summed E-state index contributed by atoms with van der Waals surface area (Å²) in [6.45, 7) is 2.20. The third kappa shape index (κ3) is 3.27. The number of ether oxygens (including phenoxy) is 1. The highest BCUT2D eigenvalue weighted by Gasteiger charge is 2.24. The van der Waals surface area contributed by atoms with Gasteiger partial charge in [0.2, 0.25) is 0 Å². The Hall–Kier alpha value is -2.18. The van der Waals surface area contributed by atoms with Gasteiger partial charge in [0.15, 0.2) is 0 Å². The van der Waals surface area contributed by atoms with Crippen LogP contribution in [0.15, 0.2) is 34.6 Å². The lowest BCUT2D eigenvalue weighted by molar-refractivity contribution is 0.0466. The van der Waals surface area contributed by atoms with E-state index < -0.39 is 0 Å². The van der Waals surface area contributed by atoms with Gasteiger partial charge in [-0.05, 0) is 42.9 Å². The number of hydrogen-bond acceptors (Lipinski definition) is 5. The van der Waals surface area contributed by atoms with E-state index in [0.717, 1.165) is 24.8 Å². The van der Waals surface area contributed by atoms with Gasteiger partial charge in [-0.15, -0.1) is 11.3 Å². The first-order valence-corrected chi connectivity index (χ1v) is 9.71. The number of carbonyl (C=O) groups is 1. The maximum atomic E-state index is 12.5. The number of fused-ring (bicyclic) bond motifs is 2. The van der Waals surface area contributed by atoms with E-state index in [1.54, 1.807) is 23.5 Å². The molecule has 1 aliphatic carbocycles. The lowest BCUT2D eigenvalue weighted by Crippen LogP contribution is -2.17. The fraction of sp³-hybridized carbons (Fsp3) is 0.316. The van der Waals surface area contributed by atoms with Crippen LogP contribution in [0.2, 0.25) is 5.02 Å². The molecule has 0 saturated heterocycles. The Bertz CT molecular complexity index is 1060. The van der Waals surface area contributed by atoms with Gasteiger partial charge in [0, 0.05) is 22.5 Å². The first-order valence-electron chi connectivity index (χ1n) is 8.45. The van der Waals surface area contributed by atoms with E-state index in [1.165, 1.54) is 21.5 Å². The van der Waals surface area contributed by atoms with Gasteiger partial charge in [-0.1, -0.05) is 18.5 Å². The van der Waals surface area contributed by atoms with E-state index in [9.17, 15) is 9.59 Å². The molecule has 26 heavy (non-hydrogen) atoms. The highest BCUT2D eigenvalue weighted by Crippen LogP contribution is 2.33. The normalized spacial score (nSPS) is 16.5. The topological polar surface area (TPSA) is 60.7 Å². The third-order valence-corrected chi connectivity index (χ3v) is 5.92. The lowest BCUT2D eigenvalue weighted by atomic mass is 9.88. The molecule has 3 aromatic rings. The molecule has 3 heterocycles. The van der Waals surface area contributed by atoms with Crippen LogP contribution in [0.5, 0.6) is 0 Å². The van der Waals surface area contributed by atoms with Crippen LogP contribution >= 0.6 is 22.9 Å². The van der Waals surface area contributed by atoms with Crippen molar-refractivity contribution >= 4 is 34.6 Å². The maximum Gasteiger partial charge on any atom is 0.339 e. The molecule has 7 heteroatoms. The zero-order valence-electron chi connectivity index (χ0n) is 14.2. The molecule has 0 N–H and O–H groups in total. The molecule has 0 fully saturated rings. The summed E-state index contributed by atoms with van der Waals surface area (Å²) in [5.41, 5.74) is 2.41.